The minimum Gasteiger partial charge on any atom is -0.356 e. The number of aromatic nitrogens is 1. The number of hydrogen-bond donors (Lipinski definition) is 1. The molecule has 23 heavy (non-hydrogen) atoms. The zero-order valence-corrected chi connectivity index (χ0v) is 18.8. The standard InChI is InChI=1S/C15H26N4S3.HI/c1-12(2)13-11-19(7-10-20-13)14(16-3)17-5-4-8-21-15-18-6-9-22-15;/h6,9,12-13H,4-5,7-8,10-11H2,1-3H3,(H,16,17);1H. The lowest BCUT2D eigenvalue weighted by Crippen LogP contribution is -2.49. The minimum absolute atomic E-state index is 0. The third-order valence-corrected chi connectivity index (χ3v) is 7.18. The van der Waals surface area contributed by atoms with Crippen LogP contribution in [-0.2, 0) is 0 Å². The number of aliphatic imine (C=N–C) groups is 1. The molecule has 1 N–H and O–H groups in total. The van der Waals surface area contributed by atoms with Crippen LogP contribution in [0.5, 0.6) is 0 Å². The molecule has 0 aromatic carbocycles. The van der Waals surface area contributed by atoms with Gasteiger partial charge in [0, 0.05) is 55.0 Å². The molecular formula is C15H27IN4S3. The van der Waals surface area contributed by atoms with Crippen molar-refractivity contribution in [1.82, 2.24) is 15.2 Å². The largest absolute Gasteiger partial charge is 0.356 e. The van der Waals surface area contributed by atoms with Crippen molar-refractivity contribution in [2.75, 3.05) is 38.2 Å². The van der Waals surface area contributed by atoms with E-state index in [4.69, 9.17) is 0 Å². The summed E-state index contributed by atoms with van der Waals surface area (Å²) in [7, 11) is 1.89. The summed E-state index contributed by atoms with van der Waals surface area (Å²) in [4.78, 5) is 11.2. The number of nitrogens with zero attached hydrogens (tertiary/aromatic N) is 3. The number of thioether (sulfide) groups is 2. The van der Waals surface area contributed by atoms with Crippen molar-refractivity contribution < 1.29 is 0 Å². The van der Waals surface area contributed by atoms with Gasteiger partial charge in [0.05, 0.1) is 0 Å². The van der Waals surface area contributed by atoms with E-state index in [-0.39, 0.29) is 24.0 Å². The zero-order chi connectivity index (χ0) is 15.8. The Hall–Kier alpha value is 0.330. The van der Waals surface area contributed by atoms with Crippen molar-refractivity contribution in [2.24, 2.45) is 10.9 Å². The summed E-state index contributed by atoms with van der Waals surface area (Å²) < 4.78 is 1.16. The molecule has 4 nitrogen and oxygen atoms in total. The van der Waals surface area contributed by atoms with E-state index < -0.39 is 0 Å². The molecule has 0 saturated carbocycles. The fourth-order valence-electron chi connectivity index (χ4n) is 2.32. The smallest absolute Gasteiger partial charge is 0.193 e. The molecule has 0 amide bonds. The Morgan fingerprint density at radius 1 is 1.57 bits per heavy atom. The van der Waals surface area contributed by atoms with Crippen LogP contribution >= 0.6 is 58.8 Å². The van der Waals surface area contributed by atoms with E-state index in [0.29, 0.717) is 5.25 Å². The van der Waals surface area contributed by atoms with E-state index in [1.807, 2.05) is 30.4 Å². The predicted octanol–water partition coefficient (Wildman–Crippen LogP) is 3.89. The van der Waals surface area contributed by atoms with E-state index in [1.54, 1.807) is 11.3 Å². The summed E-state index contributed by atoms with van der Waals surface area (Å²) in [6.45, 7) is 7.80. The molecule has 2 heterocycles. The van der Waals surface area contributed by atoms with Crippen LogP contribution in [0.2, 0.25) is 0 Å². The highest BCUT2D eigenvalue weighted by molar-refractivity contribution is 14.0. The number of guanidine groups is 1. The molecule has 0 bridgehead atoms. The highest BCUT2D eigenvalue weighted by Gasteiger charge is 2.24. The minimum atomic E-state index is 0. The van der Waals surface area contributed by atoms with Crippen LogP contribution < -0.4 is 5.32 Å². The number of hydrogen-bond acceptors (Lipinski definition) is 5. The molecule has 1 fully saturated rings. The van der Waals surface area contributed by atoms with Crippen molar-refractivity contribution >= 4 is 64.8 Å². The van der Waals surface area contributed by atoms with E-state index >= 15 is 0 Å². The van der Waals surface area contributed by atoms with Gasteiger partial charge in [-0.05, 0) is 12.3 Å². The third-order valence-electron chi connectivity index (χ3n) is 3.59. The van der Waals surface area contributed by atoms with E-state index in [2.05, 4.69) is 45.8 Å². The second kappa shape index (κ2) is 11.8. The molecule has 0 aliphatic carbocycles. The van der Waals surface area contributed by atoms with Gasteiger partial charge >= 0.3 is 0 Å². The van der Waals surface area contributed by atoms with Crippen LogP contribution in [0.15, 0.2) is 20.9 Å². The third kappa shape index (κ3) is 7.39. The van der Waals surface area contributed by atoms with Gasteiger partial charge in [-0.2, -0.15) is 11.8 Å². The van der Waals surface area contributed by atoms with Crippen molar-refractivity contribution in [1.29, 1.82) is 0 Å². The molecule has 2 rings (SSSR count). The van der Waals surface area contributed by atoms with Gasteiger partial charge in [-0.15, -0.1) is 35.3 Å². The Kier molecular flexibility index (Phi) is 11.0. The van der Waals surface area contributed by atoms with Gasteiger partial charge in [0.1, 0.15) is 4.34 Å². The summed E-state index contributed by atoms with van der Waals surface area (Å²) in [6, 6.07) is 0. The summed E-state index contributed by atoms with van der Waals surface area (Å²) in [5, 5.41) is 6.26. The molecular weight excluding hydrogens is 459 g/mol. The molecule has 1 aliphatic heterocycles. The van der Waals surface area contributed by atoms with E-state index in [0.717, 1.165) is 48.0 Å². The molecule has 1 aliphatic rings. The number of rotatable bonds is 6. The lowest BCUT2D eigenvalue weighted by Gasteiger charge is -2.36. The number of halogens is 1. The average molecular weight is 487 g/mol. The van der Waals surface area contributed by atoms with Crippen molar-refractivity contribution in [3.05, 3.63) is 11.6 Å². The molecule has 1 atom stereocenters. The van der Waals surface area contributed by atoms with Crippen LogP contribution in [0.1, 0.15) is 20.3 Å². The number of nitrogens with one attached hydrogen (secondary N) is 1. The maximum absolute atomic E-state index is 4.46. The molecule has 132 valence electrons. The first kappa shape index (κ1) is 21.4. The van der Waals surface area contributed by atoms with E-state index in [9.17, 15) is 0 Å². The topological polar surface area (TPSA) is 40.5 Å². The quantitative estimate of drug-likeness (QED) is 0.217. The van der Waals surface area contributed by atoms with Crippen LogP contribution in [0.25, 0.3) is 0 Å². The highest BCUT2D eigenvalue weighted by Crippen LogP contribution is 2.25. The van der Waals surface area contributed by atoms with E-state index in [1.165, 1.54) is 5.75 Å². The summed E-state index contributed by atoms with van der Waals surface area (Å²) in [6.07, 6.45) is 2.99. The highest BCUT2D eigenvalue weighted by atomic mass is 127. The second-order valence-electron chi connectivity index (χ2n) is 5.57. The Labute approximate surface area is 169 Å². The molecule has 1 unspecified atom stereocenters. The first-order valence-corrected chi connectivity index (χ1v) is 10.7. The fraction of sp³-hybridized carbons (Fsp3) is 0.733. The van der Waals surface area contributed by atoms with Gasteiger partial charge in [-0.25, -0.2) is 4.98 Å². The molecule has 8 heteroatoms. The Balaban J connectivity index is 0.00000264. The van der Waals surface area contributed by atoms with Crippen molar-refractivity contribution in [3.8, 4) is 0 Å². The SMILES string of the molecule is CN=C(NCCCSc1nccs1)N1CCSC(C(C)C)C1.I. The van der Waals surface area contributed by atoms with Crippen LogP contribution in [0.4, 0.5) is 0 Å². The van der Waals surface area contributed by atoms with Crippen molar-refractivity contribution in [3.63, 3.8) is 0 Å². The number of thiazole rings is 1. The van der Waals surface area contributed by atoms with Gasteiger partial charge in [0.15, 0.2) is 5.96 Å². The van der Waals surface area contributed by atoms with Gasteiger partial charge in [0.2, 0.25) is 0 Å². The predicted molar refractivity (Wildman–Crippen MR) is 117 cm³/mol. The molecule has 1 aromatic heterocycles. The molecule has 0 spiro atoms. The van der Waals surface area contributed by atoms with Gasteiger partial charge < -0.3 is 10.2 Å². The first-order valence-electron chi connectivity index (χ1n) is 7.80. The Morgan fingerprint density at radius 3 is 3.04 bits per heavy atom. The molecule has 1 aromatic rings. The Morgan fingerprint density at radius 2 is 2.39 bits per heavy atom. The van der Waals surface area contributed by atoms with Crippen LogP contribution in [0, 0.1) is 5.92 Å². The lowest BCUT2D eigenvalue weighted by molar-refractivity contribution is 0.381. The second-order valence-corrected chi connectivity index (χ2v) is 9.16. The fourth-order valence-corrected chi connectivity index (χ4v) is 5.26. The van der Waals surface area contributed by atoms with Crippen LogP contribution in [-0.4, -0.2) is 59.3 Å². The lowest BCUT2D eigenvalue weighted by atomic mass is 10.1. The monoisotopic (exact) mass is 486 g/mol. The van der Waals surface area contributed by atoms with Gasteiger partial charge in [-0.3, -0.25) is 4.99 Å². The van der Waals surface area contributed by atoms with Gasteiger partial charge in [0.25, 0.3) is 0 Å². The van der Waals surface area contributed by atoms with Crippen LogP contribution in [0.3, 0.4) is 0 Å². The molecule has 0 radical (unpaired) electrons. The average Bonchev–Trinajstić information content (AvgIpc) is 3.04. The summed E-state index contributed by atoms with van der Waals surface area (Å²) >= 11 is 5.65. The Bertz CT molecular complexity index is 454. The summed E-state index contributed by atoms with van der Waals surface area (Å²) in [5.41, 5.74) is 0. The molecule has 1 saturated heterocycles. The summed E-state index contributed by atoms with van der Waals surface area (Å²) in [5.74, 6) is 4.08. The first-order chi connectivity index (χ1) is 10.7. The van der Waals surface area contributed by atoms with Gasteiger partial charge in [-0.1, -0.05) is 25.6 Å². The zero-order valence-electron chi connectivity index (χ0n) is 14.0. The maximum atomic E-state index is 4.46. The normalized spacial score (nSPS) is 18.9. The van der Waals surface area contributed by atoms with Crippen molar-refractivity contribution in [2.45, 2.75) is 29.9 Å². The maximum Gasteiger partial charge on any atom is 0.193 e.